The highest BCUT2D eigenvalue weighted by Crippen LogP contribution is 2.29. The van der Waals surface area contributed by atoms with E-state index in [1.807, 2.05) is 23.9 Å². The van der Waals surface area contributed by atoms with Gasteiger partial charge in [-0.2, -0.15) is 17.0 Å². The summed E-state index contributed by atoms with van der Waals surface area (Å²) in [5.41, 5.74) is 2.60. The Balaban J connectivity index is 2.36. The smallest absolute Gasteiger partial charge is 0.0992 e. The highest BCUT2D eigenvalue weighted by molar-refractivity contribution is 7.99. The van der Waals surface area contributed by atoms with Crippen LogP contribution in [0.2, 0.25) is 0 Å². The van der Waals surface area contributed by atoms with Crippen molar-refractivity contribution < 1.29 is 5.11 Å². The third-order valence-electron chi connectivity index (χ3n) is 3.17. The maximum absolute atomic E-state index is 9.85. The molecular weight excluding hydrogens is 244 g/mol. The van der Waals surface area contributed by atoms with Gasteiger partial charge in [0.05, 0.1) is 17.7 Å². The fourth-order valence-corrected chi connectivity index (χ4v) is 3.11. The average molecular weight is 262 g/mol. The summed E-state index contributed by atoms with van der Waals surface area (Å²) in [6.07, 6.45) is 0.657. The van der Waals surface area contributed by atoms with Gasteiger partial charge in [-0.3, -0.25) is 0 Å². The zero-order valence-electron chi connectivity index (χ0n) is 10.6. The van der Waals surface area contributed by atoms with Gasteiger partial charge in [0.2, 0.25) is 0 Å². The molecule has 0 aromatic heterocycles. The standard InChI is InChI=1S/C14H18N2OS/c1-11(17)13-4-3-12(10-15)9-14(13)16-5-2-7-18-8-6-16/h3-4,9,11,17H,2,5-8H2,1H3/t11-/m0/s1. The molecule has 1 aromatic carbocycles. The highest BCUT2D eigenvalue weighted by atomic mass is 32.2. The molecule has 96 valence electrons. The molecule has 1 fully saturated rings. The van der Waals surface area contributed by atoms with Gasteiger partial charge in [-0.05, 0) is 31.2 Å². The lowest BCUT2D eigenvalue weighted by Crippen LogP contribution is -2.27. The van der Waals surface area contributed by atoms with Crippen molar-refractivity contribution in [1.29, 1.82) is 5.26 Å². The molecule has 1 aliphatic rings. The fraction of sp³-hybridized carbons (Fsp3) is 0.500. The van der Waals surface area contributed by atoms with Crippen LogP contribution in [0.1, 0.15) is 30.6 Å². The molecule has 0 saturated carbocycles. The molecular formula is C14H18N2OS. The Bertz CT molecular complexity index is 446. The molecule has 1 atom stereocenters. The van der Waals surface area contributed by atoms with Crippen LogP contribution in [-0.4, -0.2) is 29.7 Å². The summed E-state index contributed by atoms with van der Waals surface area (Å²) < 4.78 is 0. The molecule has 3 nitrogen and oxygen atoms in total. The van der Waals surface area contributed by atoms with Crippen LogP contribution in [0.5, 0.6) is 0 Å². The SMILES string of the molecule is C[C@H](O)c1ccc(C#N)cc1N1CCCSCC1. The molecule has 0 bridgehead atoms. The van der Waals surface area contributed by atoms with Gasteiger partial charge in [0.1, 0.15) is 0 Å². The molecule has 4 heteroatoms. The molecule has 18 heavy (non-hydrogen) atoms. The molecule has 0 aliphatic carbocycles. The van der Waals surface area contributed by atoms with Gasteiger partial charge in [-0.15, -0.1) is 0 Å². The highest BCUT2D eigenvalue weighted by Gasteiger charge is 2.16. The Kier molecular flexibility index (Phi) is 4.51. The molecule has 1 heterocycles. The number of anilines is 1. The second-order valence-corrected chi connectivity index (χ2v) is 5.74. The van der Waals surface area contributed by atoms with Gasteiger partial charge < -0.3 is 10.0 Å². The molecule has 0 unspecified atom stereocenters. The van der Waals surface area contributed by atoms with E-state index in [-0.39, 0.29) is 0 Å². The average Bonchev–Trinajstić information content (AvgIpc) is 2.66. The van der Waals surface area contributed by atoms with Crippen molar-refractivity contribution >= 4 is 17.4 Å². The van der Waals surface area contributed by atoms with Crippen LogP contribution in [0, 0.1) is 11.3 Å². The minimum atomic E-state index is -0.497. The van der Waals surface area contributed by atoms with Gasteiger partial charge in [0, 0.05) is 30.1 Å². The first-order valence-corrected chi connectivity index (χ1v) is 7.42. The zero-order valence-corrected chi connectivity index (χ0v) is 11.4. The third kappa shape index (κ3) is 2.98. The van der Waals surface area contributed by atoms with Crippen molar-refractivity contribution in [2.75, 3.05) is 29.5 Å². The lowest BCUT2D eigenvalue weighted by molar-refractivity contribution is 0.199. The number of hydrogen-bond acceptors (Lipinski definition) is 4. The first-order chi connectivity index (χ1) is 8.72. The second kappa shape index (κ2) is 6.12. The third-order valence-corrected chi connectivity index (χ3v) is 4.22. The van der Waals surface area contributed by atoms with E-state index in [0.29, 0.717) is 5.56 Å². The van der Waals surface area contributed by atoms with Crippen molar-refractivity contribution in [1.82, 2.24) is 0 Å². The topological polar surface area (TPSA) is 47.3 Å². The van der Waals surface area contributed by atoms with Gasteiger partial charge in [0.15, 0.2) is 0 Å². The largest absolute Gasteiger partial charge is 0.389 e. The van der Waals surface area contributed by atoms with Crippen LogP contribution in [0.4, 0.5) is 5.69 Å². The summed E-state index contributed by atoms with van der Waals surface area (Å²) in [7, 11) is 0. The van der Waals surface area contributed by atoms with E-state index in [4.69, 9.17) is 5.26 Å². The summed E-state index contributed by atoms with van der Waals surface area (Å²) >= 11 is 1.97. The van der Waals surface area contributed by atoms with E-state index in [9.17, 15) is 5.11 Å². The number of benzene rings is 1. The molecule has 0 radical (unpaired) electrons. The number of aliphatic hydroxyl groups is 1. The van der Waals surface area contributed by atoms with Gasteiger partial charge in [-0.25, -0.2) is 0 Å². The van der Waals surface area contributed by atoms with Crippen molar-refractivity contribution in [2.45, 2.75) is 19.4 Å². The molecule has 1 saturated heterocycles. The number of thioether (sulfide) groups is 1. The van der Waals surface area contributed by atoms with Crippen LogP contribution >= 0.6 is 11.8 Å². The summed E-state index contributed by atoms with van der Waals surface area (Å²) in [6.45, 7) is 3.76. The maximum Gasteiger partial charge on any atom is 0.0992 e. The van der Waals surface area contributed by atoms with Gasteiger partial charge >= 0.3 is 0 Å². The molecule has 1 N–H and O–H groups in total. The number of nitrogens with zero attached hydrogens (tertiary/aromatic N) is 2. The van der Waals surface area contributed by atoms with Crippen LogP contribution in [0.15, 0.2) is 18.2 Å². The van der Waals surface area contributed by atoms with Crippen molar-refractivity contribution in [2.24, 2.45) is 0 Å². The summed E-state index contributed by atoms with van der Waals surface area (Å²) in [5, 5.41) is 18.9. The first-order valence-electron chi connectivity index (χ1n) is 6.27. The summed E-state index contributed by atoms with van der Waals surface area (Å²) in [6, 6.07) is 7.72. The lowest BCUT2D eigenvalue weighted by Gasteiger charge is -2.26. The molecule has 0 spiro atoms. The number of hydrogen-bond donors (Lipinski definition) is 1. The predicted molar refractivity (Wildman–Crippen MR) is 75.9 cm³/mol. The van der Waals surface area contributed by atoms with E-state index < -0.39 is 6.10 Å². The van der Waals surface area contributed by atoms with E-state index in [1.54, 1.807) is 13.0 Å². The Morgan fingerprint density at radius 1 is 1.39 bits per heavy atom. The Morgan fingerprint density at radius 3 is 2.94 bits per heavy atom. The van der Waals surface area contributed by atoms with E-state index in [1.165, 1.54) is 5.75 Å². The summed E-state index contributed by atoms with van der Waals surface area (Å²) in [5.74, 6) is 2.30. The summed E-state index contributed by atoms with van der Waals surface area (Å²) in [4.78, 5) is 2.29. The van der Waals surface area contributed by atoms with Crippen LogP contribution in [0.3, 0.4) is 0 Å². The lowest BCUT2D eigenvalue weighted by atomic mass is 10.0. The van der Waals surface area contributed by atoms with Crippen molar-refractivity contribution in [3.63, 3.8) is 0 Å². The maximum atomic E-state index is 9.85. The van der Waals surface area contributed by atoms with E-state index in [0.717, 1.165) is 36.5 Å². The van der Waals surface area contributed by atoms with Crippen LogP contribution in [0.25, 0.3) is 0 Å². The molecule has 1 aliphatic heterocycles. The quantitative estimate of drug-likeness (QED) is 0.890. The normalized spacial score (nSPS) is 17.9. The predicted octanol–water partition coefficient (Wildman–Crippen LogP) is 2.55. The second-order valence-electron chi connectivity index (χ2n) is 4.51. The van der Waals surface area contributed by atoms with Crippen LogP contribution < -0.4 is 4.90 Å². The minimum absolute atomic E-state index is 0.497. The Hall–Kier alpha value is -1.18. The minimum Gasteiger partial charge on any atom is -0.389 e. The molecule has 1 aromatic rings. The monoisotopic (exact) mass is 262 g/mol. The first kappa shape index (κ1) is 13.3. The molecule has 0 amide bonds. The number of rotatable bonds is 2. The van der Waals surface area contributed by atoms with Gasteiger partial charge in [0.25, 0.3) is 0 Å². The van der Waals surface area contributed by atoms with Gasteiger partial charge in [-0.1, -0.05) is 6.07 Å². The number of aliphatic hydroxyl groups excluding tert-OH is 1. The Labute approximate surface area is 112 Å². The zero-order chi connectivity index (χ0) is 13.0. The van der Waals surface area contributed by atoms with E-state index >= 15 is 0 Å². The van der Waals surface area contributed by atoms with E-state index in [2.05, 4.69) is 11.0 Å². The van der Waals surface area contributed by atoms with Crippen molar-refractivity contribution in [3.8, 4) is 6.07 Å². The fourth-order valence-electron chi connectivity index (χ4n) is 2.23. The Morgan fingerprint density at radius 2 is 2.22 bits per heavy atom. The molecule has 2 rings (SSSR count). The van der Waals surface area contributed by atoms with Crippen LogP contribution in [-0.2, 0) is 0 Å². The van der Waals surface area contributed by atoms with Crippen molar-refractivity contribution in [3.05, 3.63) is 29.3 Å². The number of nitriles is 1.